The molecule has 15 heterocycles. The Morgan fingerprint density at radius 2 is 0.794 bits per heavy atom. The molecule has 14 N–H and O–H groups in total. The number of aromatic nitrogens is 9. The number of alkyl halides is 9. The fourth-order valence-electron chi connectivity index (χ4n) is 18.2. The molecule has 8 aromatic heterocycles. The highest BCUT2D eigenvalue weighted by atomic mass is 32.1. The van der Waals surface area contributed by atoms with Gasteiger partial charge in [0, 0.05) is 210 Å². The Bertz CT molecular complexity index is 5320. The van der Waals surface area contributed by atoms with Crippen LogP contribution in [0, 0.1) is 60.1 Å². The van der Waals surface area contributed by atoms with Crippen molar-refractivity contribution in [2.24, 2.45) is 47.2 Å². The minimum absolute atomic E-state index is 0.00483. The van der Waals surface area contributed by atoms with Crippen LogP contribution in [0.25, 0.3) is 0 Å². The van der Waals surface area contributed by atoms with E-state index in [0.29, 0.717) is 83.7 Å². The number of benzene rings is 2. The third kappa shape index (κ3) is 28.3. The minimum atomic E-state index is -4.55. The largest absolute Gasteiger partial charge is 0.434 e. The highest BCUT2D eigenvalue weighted by molar-refractivity contribution is 7.11. The van der Waals surface area contributed by atoms with Crippen LogP contribution in [0.1, 0.15) is 203 Å². The maximum atomic E-state index is 14.0. The lowest BCUT2D eigenvalue weighted by Gasteiger charge is -2.50. The second-order valence-corrected chi connectivity index (χ2v) is 41.2. The molecule has 10 atom stereocenters. The molecule has 45 heteroatoms. The molecule has 8 fully saturated rings. The summed E-state index contributed by atoms with van der Waals surface area (Å²) in [6, 6.07) is 12.0. The zero-order chi connectivity index (χ0) is 98.7. The number of rotatable bonds is 24. The average molecular weight is 2040 g/mol. The van der Waals surface area contributed by atoms with Crippen LogP contribution in [0.5, 0.6) is 0 Å². The van der Waals surface area contributed by atoms with Gasteiger partial charge < -0.3 is 59.1 Å². The van der Waals surface area contributed by atoms with Gasteiger partial charge in [0.1, 0.15) is 11.6 Å². The average Bonchev–Trinajstić information content (AvgIpc) is 1.62. The van der Waals surface area contributed by atoms with Crippen molar-refractivity contribution in [1.29, 1.82) is 0 Å². The molecule has 1 saturated carbocycles. The molecule has 27 nitrogen and oxygen atoms in total. The second-order valence-electron chi connectivity index (χ2n) is 35.0. The fourth-order valence-corrected chi connectivity index (χ4v) is 24.8. The van der Waals surface area contributed by atoms with Crippen LogP contribution in [-0.4, -0.2) is 266 Å². The number of hydrogen-bond donors (Lipinski definition) is 7. The van der Waals surface area contributed by atoms with Gasteiger partial charge in [0.2, 0.25) is 0 Å². The smallest absolute Gasteiger partial charge is 0.372 e. The molecular weight excluding hydrogens is 1910 g/mol. The van der Waals surface area contributed by atoms with Crippen LogP contribution in [0.4, 0.5) is 48.3 Å². The van der Waals surface area contributed by atoms with Gasteiger partial charge in [-0.1, -0.05) is 30.3 Å². The van der Waals surface area contributed by atoms with Gasteiger partial charge in [-0.25, -0.2) is 70.0 Å². The molecule has 7 saturated heterocycles. The Labute approximate surface area is 817 Å². The maximum absolute atomic E-state index is 14.0. The summed E-state index contributed by atoms with van der Waals surface area (Å²) in [5.41, 5.74) is 60.9. The highest BCUT2D eigenvalue weighted by Gasteiger charge is 2.49. The number of thiazole rings is 7. The first-order chi connectivity index (χ1) is 65.4. The van der Waals surface area contributed by atoms with E-state index in [2.05, 4.69) is 105 Å². The van der Waals surface area contributed by atoms with Crippen LogP contribution in [-0.2, 0) is 32.2 Å². The number of likely N-dealkylation sites (tertiary alicyclic amines) is 3. The quantitative estimate of drug-likeness (QED) is 0.0276. The molecular formula is C91H128F11N23O4S7. The summed E-state index contributed by atoms with van der Waals surface area (Å²) >= 11 is 10.3. The Balaban J connectivity index is 0.000000144. The van der Waals surface area contributed by atoms with Crippen LogP contribution in [0.15, 0.2) is 93.4 Å². The van der Waals surface area contributed by atoms with Crippen molar-refractivity contribution in [3.8, 4) is 0 Å². The van der Waals surface area contributed by atoms with E-state index in [-0.39, 0.29) is 117 Å². The Morgan fingerprint density at radius 1 is 0.419 bits per heavy atom. The van der Waals surface area contributed by atoms with E-state index in [9.17, 15) is 48.3 Å². The van der Waals surface area contributed by atoms with Crippen LogP contribution >= 0.6 is 79.4 Å². The standard InChI is InChI=1S/C17H23N3OS.C16H19F2N3OS.C14H21N5OS.C13H21N3OS.C11H14F5N3S.C11H17F2N3S.C9H13F2N3S/c1-12-5-3-4-6-14(12)16-10-20(7-8-21-16)15(9-18)17-13(2)19-11-22-17;1-10-16(23-9-20-10)14(7-19)21-4-5-22-15(8-21)12-3-2-11(17)6-13(12)18;1-10-14(21-9-16-10)12(5-15)19-3-4-20-13(8-19)11-6-17-18(2)7-11;1-10-12(18-9-15-10)11(7-14)16-5-6-17-13(8-16)3-2-4-13;12-10(13)1-3-19(4-2-10)7(5-17)8-9(11(14,15)16)18-6-20-8;1-8-10(17-7-15-8)9(6-14)16-4-2-11(12,13)3-5-16;1-6-8(15-5-13-6)7(2-12)14-3-9(10,11)4-14/h3-6,11,15-16H,7-10,18H2,1-2H3;2-3,6,9,14-15H,4-5,7-8,19H2,1H3;6-7,9,12-13H,3-5,8,15H2,1-2H3;9,11H,2-8,14H2,1H3;6-7H,1-5,17H2;7,9H,2-6,14H2,1H3;5,7H,2-4,12H2,1H3/i;;;;;7D;. The molecule has 1 spiro atoms. The van der Waals surface area contributed by atoms with Crippen molar-refractivity contribution in [3.05, 3.63) is 201 Å². The van der Waals surface area contributed by atoms with E-state index in [4.69, 9.17) is 60.5 Å². The lowest BCUT2D eigenvalue weighted by Crippen LogP contribution is -2.58. The molecule has 2 aromatic carbocycles. The molecule has 10 unspecified atom stereocenters. The lowest BCUT2D eigenvalue weighted by atomic mass is 9.78. The van der Waals surface area contributed by atoms with Crippen LogP contribution in [0.3, 0.4) is 0 Å². The van der Waals surface area contributed by atoms with Gasteiger partial charge in [-0.05, 0) is 84.9 Å². The van der Waals surface area contributed by atoms with Crippen molar-refractivity contribution in [1.82, 2.24) is 79.0 Å². The molecule has 1 aliphatic carbocycles. The predicted octanol–water partition coefficient (Wildman–Crippen LogP) is 15.1. The number of piperidine rings is 2. The predicted molar refractivity (Wildman–Crippen MR) is 514 cm³/mol. The molecule has 136 heavy (non-hydrogen) atoms. The molecule has 0 bridgehead atoms. The van der Waals surface area contributed by atoms with Gasteiger partial charge in [0.15, 0.2) is 5.69 Å². The first-order valence-electron chi connectivity index (χ1n) is 46.1. The van der Waals surface area contributed by atoms with E-state index in [1.807, 2.05) is 78.8 Å². The van der Waals surface area contributed by atoms with Gasteiger partial charge in [-0.2, -0.15) is 18.3 Å². The first kappa shape index (κ1) is 107. The monoisotopic (exact) mass is 2040 g/mol. The van der Waals surface area contributed by atoms with E-state index in [1.54, 1.807) is 60.7 Å². The Kier molecular flexibility index (Phi) is 39.3. The zero-order valence-electron chi connectivity index (χ0n) is 78.9. The topological polar surface area (TPSA) is 350 Å². The molecule has 750 valence electrons. The van der Waals surface area contributed by atoms with Crippen molar-refractivity contribution < 1.29 is 68.6 Å². The Hall–Kier alpha value is -6.43. The van der Waals surface area contributed by atoms with Crippen molar-refractivity contribution in [2.75, 3.05) is 164 Å². The van der Waals surface area contributed by atoms with E-state index < -0.39 is 53.4 Å². The van der Waals surface area contributed by atoms with E-state index in [0.717, 1.165) is 136 Å². The third-order valence-electron chi connectivity index (χ3n) is 26.0. The summed E-state index contributed by atoms with van der Waals surface area (Å²) in [4.78, 5) is 50.7. The van der Waals surface area contributed by atoms with Gasteiger partial charge >= 0.3 is 6.18 Å². The maximum Gasteiger partial charge on any atom is 0.434 e. The number of nitrogens with zero attached hydrogens (tertiary/aromatic N) is 16. The van der Waals surface area contributed by atoms with Crippen LogP contribution < -0.4 is 40.1 Å². The fraction of sp³-hybridized carbons (Fsp3) is 0.604. The number of halogens is 11. The molecule has 10 aromatic rings. The van der Waals surface area contributed by atoms with Crippen molar-refractivity contribution >= 4 is 79.4 Å². The van der Waals surface area contributed by atoms with Gasteiger partial charge in [0.05, 0.1) is 191 Å². The van der Waals surface area contributed by atoms with Gasteiger partial charge in [0.25, 0.3) is 17.8 Å². The second kappa shape index (κ2) is 50.0. The zero-order valence-corrected chi connectivity index (χ0v) is 83.6. The number of morpholine rings is 4. The normalized spacial score (nSPS) is 22.1. The summed E-state index contributed by atoms with van der Waals surface area (Å²) in [7, 11) is 1.92. The highest BCUT2D eigenvalue weighted by Crippen LogP contribution is 2.45. The molecule has 7 aliphatic heterocycles. The molecule has 0 amide bonds. The minimum Gasteiger partial charge on any atom is -0.372 e. The number of nitrogens with two attached hydrogens (primary N) is 7. The SMILES string of the molecule is Cc1ccccc1C1CN(C(CN)c2scnc2C)CCO1.Cc1ncsc1C(CN)N1CC(F)(F)C1.Cc1ncsc1C(CN)N1CCOC(c2ccc(F)cc2F)C1.Cc1ncsc1C(CN)N1CCOC(c2cnn(C)c2)C1.Cc1ncsc1C(CN)N1CCOC2(CCC2)C1.NCC(c1scnc1C(F)(F)F)N1CCC(F)(F)CC1.[2H]c1nc(C)c(C(CN)N2CCC(F)(F)CC2)s1. The molecule has 18 rings (SSSR count). The van der Waals surface area contributed by atoms with Crippen molar-refractivity contribution in [3.63, 3.8) is 0 Å². The number of hydrogen-bond acceptors (Lipinski definition) is 33. The summed E-state index contributed by atoms with van der Waals surface area (Å²) in [6.07, 6.45) is 1.89. The number of ether oxygens (including phenoxy) is 4. The molecule has 0 radical (unpaired) electrons. The summed E-state index contributed by atoms with van der Waals surface area (Å²) < 4.78 is 176. The summed E-state index contributed by atoms with van der Waals surface area (Å²) in [5, 5.41) is 4.23. The Morgan fingerprint density at radius 3 is 1.17 bits per heavy atom. The lowest BCUT2D eigenvalue weighted by molar-refractivity contribution is -0.158. The number of aryl methyl sites for hydroxylation is 8. The summed E-state index contributed by atoms with van der Waals surface area (Å²) in [5.74, 6) is -8.98. The van der Waals surface area contributed by atoms with E-state index >= 15 is 0 Å². The third-order valence-corrected chi connectivity index (χ3v) is 33.0. The summed E-state index contributed by atoms with van der Waals surface area (Å²) in [6.45, 7) is 27.0. The van der Waals surface area contributed by atoms with Gasteiger partial charge in [-0.3, -0.25) is 39.0 Å². The van der Waals surface area contributed by atoms with Crippen molar-refractivity contribution in [2.45, 2.75) is 184 Å². The van der Waals surface area contributed by atoms with E-state index in [1.165, 1.54) is 79.8 Å². The first-order valence-corrected chi connectivity index (χ1v) is 51.7. The van der Waals surface area contributed by atoms with Gasteiger partial charge in [-0.15, -0.1) is 79.4 Å². The van der Waals surface area contributed by atoms with Crippen LogP contribution in [0.2, 0.25) is 0 Å². The molecule has 8 aliphatic rings.